The predicted octanol–water partition coefficient (Wildman–Crippen LogP) is 3.35. The Labute approximate surface area is 71.4 Å². The van der Waals surface area contributed by atoms with Gasteiger partial charge < -0.3 is 5.11 Å². The number of phenolic OH excluding ortho intramolecular Hbond substituents is 1. The third-order valence-corrected chi connectivity index (χ3v) is 2.05. The van der Waals surface area contributed by atoms with Crippen molar-refractivity contribution in [2.75, 3.05) is 0 Å². The van der Waals surface area contributed by atoms with Crippen LogP contribution in [0.15, 0.2) is 28.0 Å². The van der Waals surface area contributed by atoms with Crippen LogP contribution < -0.4 is 0 Å². The summed E-state index contributed by atoms with van der Waals surface area (Å²) >= 11 is -0.0567. The average molecular weight is 194 g/mol. The first-order chi connectivity index (χ1) is 5.27. The Kier molecular flexibility index (Phi) is 3.02. The summed E-state index contributed by atoms with van der Waals surface area (Å²) in [7, 11) is 0. The average Bonchev–Trinajstić information content (AvgIpc) is 2.04. The molecule has 1 N–H and O–H groups in total. The Bertz CT molecular complexity index is 254. The van der Waals surface area contributed by atoms with E-state index >= 15 is 0 Å². The highest BCUT2D eigenvalue weighted by atomic mass is 32.2. The lowest BCUT2D eigenvalue weighted by Gasteiger charge is -1.98. The van der Waals surface area contributed by atoms with Gasteiger partial charge in [-0.1, -0.05) is 0 Å². The maximum absolute atomic E-state index is 11.9. The van der Waals surface area contributed by atoms with Crippen molar-refractivity contribution in [3.63, 3.8) is 0 Å². The third kappa shape index (κ3) is 2.00. The van der Waals surface area contributed by atoms with E-state index in [0.29, 0.717) is 0 Å². The van der Waals surface area contributed by atoms with Crippen LogP contribution in [0.2, 0.25) is 0 Å². The highest BCUT2D eigenvalue weighted by Gasteiger charge is 2.03. The van der Waals surface area contributed by atoms with Gasteiger partial charge in [-0.25, -0.2) is 0 Å². The molecule has 0 aliphatic heterocycles. The van der Waals surface area contributed by atoms with Gasteiger partial charge in [0.05, 0.1) is 29.2 Å². The highest BCUT2D eigenvalue weighted by molar-refractivity contribution is 7.94. The fourth-order valence-electron chi connectivity index (χ4n) is 0.610. The van der Waals surface area contributed by atoms with Gasteiger partial charge in [-0.15, -0.1) is 0 Å². The molecule has 0 radical (unpaired) electrons. The normalized spacial score (nSPS) is 10.0. The number of aromatic hydroxyl groups is 1. The Morgan fingerprint density at radius 3 is 2.36 bits per heavy atom. The Hall–Kier alpha value is -0.420. The monoisotopic (exact) mass is 194 g/mol. The van der Waals surface area contributed by atoms with Gasteiger partial charge in [-0.05, 0) is 18.2 Å². The minimum Gasteiger partial charge on any atom is -0.507 e. The molecule has 60 valence electrons. The van der Waals surface area contributed by atoms with Crippen LogP contribution in [-0.2, 0) is 0 Å². The van der Waals surface area contributed by atoms with Gasteiger partial charge >= 0.3 is 0 Å². The molecule has 0 heterocycles. The molecule has 1 aromatic carbocycles. The number of benzene rings is 1. The van der Waals surface area contributed by atoms with E-state index in [4.69, 9.17) is 5.11 Å². The molecule has 0 unspecified atom stereocenters. The lowest BCUT2D eigenvalue weighted by Crippen LogP contribution is -1.72. The maximum Gasteiger partial charge on any atom is 0.132 e. The fraction of sp³-hybridized carbons (Fsp3) is 0. The van der Waals surface area contributed by atoms with E-state index in [2.05, 4.69) is 0 Å². The van der Waals surface area contributed by atoms with Gasteiger partial charge in [0.1, 0.15) is 5.75 Å². The number of phenols is 1. The van der Waals surface area contributed by atoms with Gasteiger partial charge in [-0.3, -0.25) is 0 Å². The van der Waals surface area contributed by atoms with E-state index in [0.717, 1.165) is 0 Å². The summed E-state index contributed by atoms with van der Waals surface area (Å²) in [5.41, 5.74) is 0. The topological polar surface area (TPSA) is 20.2 Å². The fourth-order valence-corrected chi connectivity index (χ4v) is 1.14. The molecule has 11 heavy (non-hydrogen) atoms. The molecule has 1 nitrogen and oxygen atoms in total. The van der Waals surface area contributed by atoms with Crippen LogP contribution in [0, 0.1) is 0 Å². The van der Waals surface area contributed by atoms with Gasteiger partial charge in [0.15, 0.2) is 0 Å². The van der Waals surface area contributed by atoms with Crippen molar-refractivity contribution in [2.24, 2.45) is 0 Å². The first kappa shape index (κ1) is 8.67. The van der Waals surface area contributed by atoms with E-state index in [1.54, 1.807) is 0 Å². The highest BCUT2D eigenvalue weighted by Crippen LogP contribution is 2.32. The Morgan fingerprint density at radius 1 is 1.18 bits per heavy atom. The van der Waals surface area contributed by atoms with Crippen LogP contribution in [0.3, 0.4) is 0 Å². The zero-order chi connectivity index (χ0) is 8.27. The van der Waals surface area contributed by atoms with Crippen LogP contribution in [0.1, 0.15) is 0 Å². The molecule has 0 atom stereocenters. The van der Waals surface area contributed by atoms with Crippen molar-refractivity contribution in [3.8, 4) is 5.75 Å². The number of hydrogen-bond donors (Lipinski definition) is 1. The zero-order valence-corrected chi connectivity index (χ0v) is 6.88. The van der Waals surface area contributed by atoms with E-state index in [1.165, 1.54) is 18.2 Å². The van der Waals surface area contributed by atoms with Gasteiger partial charge in [0, 0.05) is 4.90 Å². The smallest absolute Gasteiger partial charge is 0.132 e. The van der Waals surface area contributed by atoms with Crippen molar-refractivity contribution < 1.29 is 12.9 Å². The third-order valence-electron chi connectivity index (χ3n) is 1.10. The van der Waals surface area contributed by atoms with Crippen LogP contribution in [0.5, 0.6) is 5.75 Å². The molecule has 0 saturated heterocycles. The maximum atomic E-state index is 11.9. The van der Waals surface area contributed by atoms with Crippen molar-refractivity contribution in [3.05, 3.63) is 18.2 Å². The molecule has 0 fully saturated rings. The molecule has 0 bridgehead atoms. The first-order valence-corrected chi connectivity index (χ1v) is 4.11. The van der Waals surface area contributed by atoms with E-state index in [1.807, 2.05) is 0 Å². The molecular weight excluding hydrogens is 190 g/mol. The molecule has 5 heteroatoms. The summed E-state index contributed by atoms with van der Waals surface area (Å²) in [5.74, 6) is -0.236. The molecule has 0 aliphatic carbocycles. The summed E-state index contributed by atoms with van der Waals surface area (Å²) in [6, 6.07) is 3.89. The van der Waals surface area contributed by atoms with Crippen molar-refractivity contribution in [2.45, 2.75) is 9.79 Å². The predicted molar refractivity (Wildman–Crippen MR) is 42.0 cm³/mol. The SMILES string of the molecule is Oc1cc(SF)ccc1SF. The summed E-state index contributed by atoms with van der Waals surface area (Å²) in [4.78, 5) is 0.364. The number of rotatable bonds is 2. The van der Waals surface area contributed by atoms with Crippen LogP contribution in [0.4, 0.5) is 7.77 Å². The lowest BCUT2D eigenvalue weighted by molar-refractivity contribution is 0.460. The van der Waals surface area contributed by atoms with Crippen LogP contribution in [-0.4, -0.2) is 5.11 Å². The van der Waals surface area contributed by atoms with Crippen molar-refractivity contribution >= 4 is 24.3 Å². The first-order valence-electron chi connectivity index (χ1n) is 2.68. The molecule has 0 saturated carbocycles. The van der Waals surface area contributed by atoms with E-state index in [-0.39, 0.29) is 39.8 Å². The summed E-state index contributed by atoms with van der Waals surface area (Å²) in [5, 5.41) is 8.98. The van der Waals surface area contributed by atoms with Gasteiger partial charge in [0.25, 0.3) is 0 Å². The molecule has 0 spiro atoms. The second-order valence-electron chi connectivity index (χ2n) is 1.78. The summed E-state index contributed by atoms with van der Waals surface area (Å²) < 4.78 is 23.7. The van der Waals surface area contributed by atoms with Gasteiger partial charge in [0.2, 0.25) is 0 Å². The molecule has 0 aromatic heterocycles. The quantitative estimate of drug-likeness (QED) is 0.779. The number of hydrogen-bond acceptors (Lipinski definition) is 3. The molecule has 0 aliphatic rings. The second-order valence-corrected chi connectivity index (χ2v) is 3.00. The summed E-state index contributed by atoms with van der Waals surface area (Å²) in [6.45, 7) is 0. The lowest BCUT2D eigenvalue weighted by atomic mass is 10.3. The molecule has 1 rings (SSSR count). The minimum atomic E-state index is -0.236. The van der Waals surface area contributed by atoms with E-state index < -0.39 is 0 Å². The zero-order valence-electron chi connectivity index (χ0n) is 5.25. The summed E-state index contributed by atoms with van der Waals surface area (Å²) in [6.07, 6.45) is 0. The molecule has 1 aromatic rings. The minimum absolute atomic E-state index is 0.0104. The van der Waals surface area contributed by atoms with Gasteiger partial charge in [-0.2, -0.15) is 7.77 Å². The molecule has 0 amide bonds. The van der Waals surface area contributed by atoms with Crippen LogP contribution in [0.25, 0.3) is 0 Å². The molecular formula is C6H4F2OS2. The second kappa shape index (κ2) is 3.82. The van der Waals surface area contributed by atoms with Crippen molar-refractivity contribution in [1.82, 2.24) is 0 Å². The number of halogens is 2. The van der Waals surface area contributed by atoms with E-state index in [9.17, 15) is 7.77 Å². The Balaban J connectivity index is 2.99. The standard InChI is InChI=1S/C6H4F2OS2/c7-10-4-1-2-6(11-8)5(9)3-4/h1-3,9H. The largest absolute Gasteiger partial charge is 0.507 e. The van der Waals surface area contributed by atoms with Crippen LogP contribution >= 0.6 is 24.3 Å². The Morgan fingerprint density at radius 2 is 1.91 bits per heavy atom. The van der Waals surface area contributed by atoms with Crippen molar-refractivity contribution in [1.29, 1.82) is 0 Å².